The van der Waals surface area contributed by atoms with Crippen molar-refractivity contribution < 1.29 is 9.53 Å². The van der Waals surface area contributed by atoms with Gasteiger partial charge in [0.05, 0.1) is 18.2 Å². The summed E-state index contributed by atoms with van der Waals surface area (Å²) < 4.78 is 6.45. The molecular formula is C14H20BrClN2O2. The van der Waals surface area contributed by atoms with E-state index in [1.807, 2.05) is 25.1 Å². The van der Waals surface area contributed by atoms with Crippen LogP contribution in [0.2, 0.25) is 0 Å². The summed E-state index contributed by atoms with van der Waals surface area (Å²) in [6.45, 7) is 4.27. The predicted molar refractivity (Wildman–Crippen MR) is 86.8 cm³/mol. The fourth-order valence-corrected chi connectivity index (χ4v) is 2.55. The summed E-state index contributed by atoms with van der Waals surface area (Å²) in [6, 6.07) is 5.64. The Morgan fingerprint density at radius 1 is 1.55 bits per heavy atom. The van der Waals surface area contributed by atoms with Gasteiger partial charge in [0, 0.05) is 11.0 Å². The fourth-order valence-electron chi connectivity index (χ4n) is 2.19. The van der Waals surface area contributed by atoms with E-state index in [0.717, 1.165) is 36.1 Å². The molecule has 1 unspecified atom stereocenters. The van der Waals surface area contributed by atoms with Gasteiger partial charge in [-0.2, -0.15) is 0 Å². The molecular weight excluding hydrogens is 344 g/mol. The molecule has 0 aromatic heterocycles. The highest BCUT2D eigenvalue weighted by molar-refractivity contribution is 9.10. The molecule has 1 aliphatic rings. The molecule has 0 saturated carbocycles. The van der Waals surface area contributed by atoms with Crippen molar-refractivity contribution >= 4 is 39.9 Å². The Morgan fingerprint density at radius 3 is 3.00 bits per heavy atom. The molecule has 1 saturated heterocycles. The lowest BCUT2D eigenvalue weighted by Gasteiger charge is -2.22. The summed E-state index contributed by atoms with van der Waals surface area (Å²) in [4.78, 5) is 12.2. The van der Waals surface area contributed by atoms with Crippen LogP contribution >= 0.6 is 28.3 Å². The van der Waals surface area contributed by atoms with Gasteiger partial charge in [0.15, 0.2) is 0 Å². The molecule has 1 aromatic rings. The van der Waals surface area contributed by atoms with Crippen LogP contribution in [-0.2, 0) is 4.79 Å². The number of benzene rings is 1. The molecule has 0 bridgehead atoms. The summed E-state index contributed by atoms with van der Waals surface area (Å²) in [5, 5.41) is 6.22. The number of anilines is 1. The van der Waals surface area contributed by atoms with Crippen molar-refractivity contribution in [2.24, 2.45) is 5.92 Å². The monoisotopic (exact) mass is 362 g/mol. The number of halogens is 2. The topological polar surface area (TPSA) is 50.4 Å². The summed E-state index contributed by atoms with van der Waals surface area (Å²) in [6.07, 6.45) is 1.99. The second-order valence-electron chi connectivity index (χ2n) is 4.61. The first kappa shape index (κ1) is 17.3. The van der Waals surface area contributed by atoms with Gasteiger partial charge in [0.1, 0.15) is 5.75 Å². The summed E-state index contributed by atoms with van der Waals surface area (Å²) in [7, 11) is 0. The maximum atomic E-state index is 12.2. The van der Waals surface area contributed by atoms with Crippen LogP contribution in [0.15, 0.2) is 22.7 Å². The van der Waals surface area contributed by atoms with Gasteiger partial charge >= 0.3 is 0 Å². The van der Waals surface area contributed by atoms with Gasteiger partial charge in [-0.15, -0.1) is 12.4 Å². The van der Waals surface area contributed by atoms with Crippen LogP contribution in [0.5, 0.6) is 5.75 Å². The molecule has 1 aliphatic heterocycles. The standard InChI is InChI=1S/C14H19BrN2O2.ClH/c1-2-19-13-6-5-11(15)8-12(13)17-14(18)10-4-3-7-16-9-10;/h5-6,8,10,16H,2-4,7,9H2,1H3,(H,17,18);1H. The van der Waals surface area contributed by atoms with Crippen LogP contribution in [0.3, 0.4) is 0 Å². The third-order valence-electron chi connectivity index (χ3n) is 3.17. The van der Waals surface area contributed by atoms with E-state index in [1.165, 1.54) is 0 Å². The van der Waals surface area contributed by atoms with Crippen molar-refractivity contribution in [2.45, 2.75) is 19.8 Å². The van der Waals surface area contributed by atoms with Crippen LogP contribution in [0, 0.1) is 5.92 Å². The minimum Gasteiger partial charge on any atom is -0.492 e. The second-order valence-corrected chi connectivity index (χ2v) is 5.52. The molecule has 1 heterocycles. The van der Waals surface area contributed by atoms with Crippen molar-refractivity contribution in [2.75, 3.05) is 25.0 Å². The Balaban J connectivity index is 0.00000200. The lowest BCUT2D eigenvalue weighted by molar-refractivity contribution is -0.120. The number of piperidine rings is 1. The maximum Gasteiger partial charge on any atom is 0.228 e. The molecule has 112 valence electrons. The summed E-state index contributed by atoms with van der Waals surface area (Å²) in [5.41, 5.74) is 0.729. The second kappa shape index (κ2) is 8.49. The minimum atomic E-state index is 0. The first-order chi connectivity index (χ1) is 9.20. The molecule has 0 radical (unpaired) electrons. The van der Waals surface area contributed by atoms with E-state index < -0.39 is 0 Å². The number of rotatable bonds is 4. The number of hydrogen-bond acceptors (Lipinski definition) is 3. The average molecular weight is 364 g/mol. The Hall–Kier alpha value is -0.780. The zero-order valence-electron chi connectivity index (χ0n) is 11.4. The number of hydrogen-bond donors (Lipinski definition) is 2. The van der Waals surface area contributed by atoms with Gasteiger partial charge in [0.25, 0.3) is 0 Å². The lowest BCUT2D eigenvalue weighted by Crippen LogP contribution is -2.37. The SMILES string of the molecule is CCOc1ccc(Br)cc1NC(=O)C1CCCNC1.Cl. The summed E-state index contributed by atoms with van der Waals surface area (Å²) in [5.74, 6) is 0.816. The molecule has 4 nitrogen and oxygen atoms in total. The third kappa shape index (κ3) is 4.65. The van der Waals surface area contributed by atoms with Crippen LogP contribution in [0.25, 0.3) is 0 Å². The Bertz CT molecular complexity index is 451. The molecule has 6 heteroatoms. The predicted octanol–water partition coefficient (Wildman–Crippen LogP) is 3.21. The van der Waals surface area contributed by atoms with Crippen molar-refractivity contribution in [3.63, 3.8) is 0 Å². The Labute approximate surface area is 134 Å². The van der Waals surface area contributed by atoms with E-state index in [-0.39, 0.29) is 24.2 Å². The van der Waals surface area contributed by atoms with E-state index in [1.54, 1.807) is 0 Å². The quantitative estimate of drug-likeness (QED) is 0.863. The largest absolute Gasteiger partial charge is 0.492 e. The van der Waals surface area contributed by atoms with Crippen molar-refractivity contribution in [3.05, 3.63) is 22.7 Å². The number of carbonyl (C=O) groups excluding carboxylic acids is 1. The zero-order chi connectivity index (χ0) is 13.7. The lowest BCUT2D eigenvalue weighted by atomic mass is 9.99. The normalized spacial score (nSPS) is 18.0. The zero-order valence-corrected chi connectivity index (χ0v) is 13.9. The molecule has 2 N–H and O–H groups in total. The van der Waals surface area contributed by atoms with Crippen molar-refractivity contribution in [3.8, 4) is 5.75 Å². The van der Waals surface area contributed by atoms with E-state index in [2.05, 4.69) is 26.6 Å². The van der Waals surface area contributed by atoms with Gasteiger partial charge in [-0.05, 0) is 44.5 Å². The Morgan fingerprint density at radius 2 is 2.35 bits per heavy atom. The highest BCUT2D eigenvalue weighted by Gasteiger charge is 2.21. The first-order valence-corrected chi connectivity index (χ1v) is 7.44. The van der Waals surface area contributed by atoms with Gasteiger partial charge in [-0.25, -0.2) is 0 Å². The molecule has 1 fully saturated rings. The molecule has 1 aromatic carbocycles. The van der Waals surface area contributed by atoms with Gasteiger partial charge in [-0.3, -0.25) is 4.79 Å². The fraction of sp³-hybridized carbons (Fsp3) is 0.500. The third-order valence-corrected chi connectivity index (χ3v) is 3.66. The molecule has 1 amide bonds. The average Bonchev–Trinajstić information content (AvgIpc) is 2.43. The van der Waals surface area contributed by atoms with Crippen molar-refractivity contribution in [1.29, 1.82) is 0 Å². The minimum absolute atomic E-state index is 0. The number of ether oxygens (including phenoxy) is 1. The van der Waals surface area contributed by atoms with Crippen LogP contribution in [0.1, 0.15) is 19.8 Å². The number of nitrogens with one attached hydrogen (secondary N) is 2. The van der Waals surface area contributed by atoms with E-state index in [9.17, 15) is 4.79 Å². The smallest absolute Gasteiger partial charge is 0.228 e. The van der Waals surface area contributed by atoms with Gasteiger partial charge in [0.2, 0.25) is 5.91 Å². The number of carbonyl (C=O) groups is 1. The van der Waals surface area contributed by atoms with Crippen LogP contribution < -0.4 is 15.4 Å². The first-order valence-electron chi connectivity index (χ1n) is 6.64. The van der Waals surface area contributed by atoms with E-state index in [0.29, 0.717) is 12.4 Å². The summed E-state index contributed by atoms with van der Waals surface area (Å²) >= 11 is 3.41. The van der Waals surface area contributed by atoms with Crippen LogP contribution in [-0.4, -0.2) is 25.6 Å². The maximum absolute atomic E-state index is 12.2. The molecule has 0 spiro atoms. The van der Waals surface area contributed by atoms with E-state index >= 15 is 0 Å². The van der Waals surface area contributed by atoms with Gasteiger partial charge in [-0.1, -0.05) is 15.9 Å². The highest BCUT2D eigenvalue weighted by Crippen LogP contribution is 2.29. The number of amides is 1. The molecule has 0 aliphatic carbocycles. The Kier molecular flexibility index (Phi) is 7.34. The van der Waals surface area contributed by atoms with Gasteiger partial charge < -0.3 is 15.4 Å². The highest BCUT2D eigenvalue weighted by atomic mass is 79.9. The van der Waals surface area contributed by atoms with E-state index in [4.69, 9.17) is 4.74 Å². The molecule has 2 rings (SSSR count). The molecule has 1 atom stereocenters. The van der Waals surface area contributed by atoms with Crippen molar-refractivity contribution in [1.82, 2.24) is 5.32 Å². The molecule has 20 heavy (non-hydrogen) atoms. The van der Waals surface area contributed by atoms with Crippen LogP contribution in [0.4, 0.5) is 5.69 Å².